The summed E-state index contributed by atoms with van der Waals surface area (Å²) in [5.74, 6) is 1.14. The van der Waals surface area contributed by atoms with Crippen molar-refractivity contribution in [3.8, 4) is 0 Å². The minimum Gasteiger partial charge on any atom is -0.329 e. The Kier molecular flexibility index (Phi) is 8.91. The van der Waals surface area contributed by atoms with E-state index in [9.17, 15) is 0 Å². The Hall–Kier alpha value is -2.13. The fraction of sp³-hybridized carbons (Fsp3) is 0.500. The van der Waals surface area contributed by atoms with Gasteiger partial charge >= 0.3 is 0 Å². The monoisotopic (exact) mass is 393 g/mol. The van der Waals surface area contributed by atoms with Gasteiger partial charge in [0.25, 0.3) is 0 Å². The maximum atomic E-state index is 4.80. The molecular formula is C26H39N3. The van der Waals surface area contributed by atoms with Crippen LogP contribution in [0.2, 0.25) is 0 Å². The zero-order valence-electron chi connectivity index (χ0n) is 19.0. The average molecular weight is 394 g/mol. The smallest absolute Gasteiger partial charge is 0.104 e. The third-order valence-electron chi connectivity index (χ3n) is 6.15. The number of benzene rings is 1. The fourth-order valence-corrected chi connectivity index (χ4v) is 4.43. The Bertz CT molecular complexity index is 736. The molecule has 0 bridgehead atoms. The van der Waals surface area contributed by atoms with Crippen molar-refractivity contribution in [3.63, 3.8) is 0 Å². The molecule has 3 nitrogen and oxygen atoms in total. The summed E-state index contributed by atoms with van der Waals surface area (Å²) in [4.78, 5) is 9.34. The second-order valence-corrected chi connectivity index (χ2v) is 8.34. The molecule has 0 spiro atoms. The van der Waals surface area contributed by atoms with E-state index in [1.54, 1.807) is 0 Å². The van der Waals surface area contributed by atoms with Crippen LogP contribution in [0, 0.1) is 0 Å². The van der Waals surface area contributed by atoms with Crippen LogP contribution in [0.5, 0.6) is 0 Å². The summed E-state index contributed by atoms with van der Waals surface area (Å²) in [5, 5.41) is 0. The Morgan fingerprint density at radius 1 is 1.17 bits per heavy atom. The molecule has 0 heterocycles. The molecule has 1 aromatic carbocycles. The van der Waals surface area contributed by atoms with Gasteiger partial charge in [-0.25, -0.2) is 0 Å². The maximum absolute atomic E-state index is 4.80. The van der Waals surface area contributed by atoms with E-state index < -0.39 is 0 Å². The van der Waals surface area contributed by atoms with Crippen molar-refractivity contribution in [2.24, 2.45) is 4.99 Å². The first kappa shape index (κ1) is 23.2. The summed E-state index contributed by atoms with van der Waals surface area (Å²) >= 11 is 0. The molecule has 3 heteroatoms. The molecule has 0 unspecified atom stereocenters. The van der Waals surface area contributed by atoms with Crippen molar-refractivity contribution in [2.45, 2.75) is 50.9 Å². The number of aliphatic imine (C=N–C) groups is 1. The summed E-state index contributed by atoms with van der Waals surface area (Å²) in [7, 11) is 6.15. The summed E-state index contributed by atoms with van der Waals surface area (Å²) in [6, 6.07) is 9.23. The molecule has 0 atom stereocenters. The first-order chi connectivity index (χ1) is 14.0. The SMILES string of the molecule is C=C/C=C(/C=C)N(CCN(C)C)C(CC1(c2cccc(CC)c2)CCCC1)=NC. The van der Waals surface area contributed by atoms with Gasteiger partial charge in [0.2, 0.25) is 0 Å². The maximum Gasteiger partial charge on any atom is 0.104 e. The molecule has 2 rings (SSSR count). The molecule has 1 aliphatic rings. The van der Waals surface area contributed by atoms with Crippen LogP contribution in [0.25, 0.3) is 0 Å². The molecule has 0 aromatic heterocycles. The van der Waals surface area contributed by atoms with E-state index in [2.05, 4.69) is 68.2 Å². The summed E-state index contributed by atoms with van der Waals surface area (Å²) in [6.07, 6.45) is 12.9. The minimum absolute atomic E-state index is 0.177. The Morgan fingerprint density at radius 2 is 1.90 bits per heavy atom. The second kappa shape index (κ2) is 11.2. The molecule has 0 amide bonds. The van der Waals surface area contributed by atoms with Gasteiger partial charge in [-0.15, -0.1) is 0 Å². The number of likely N-dealkylation sites (N-methyl/N-ethyl adjacent to an activating group) is 1. The summed E-state index contributed by atoms with van der Waals surface area (Å²) < 4.78 is 0. The number of hydrogen-bond donors (Lipinski definition) is 0. The van der Waals surface area contributed by atoms with E-state index in [1.807, 2.05) is 25.3 Å². The number of amidine groups is 1. The van der Waals surface area contributed by atoms with Crippen LogP contribution < -0.4 is 0 Å². The van der Waals surface area contributed by atoms with Gasteiger partial charge in [0.15, 0.2) is 0 Å². The van der Waals surface area contributed by atoms with Crippen LogP contribution in [-0.2, 0) is 11.8 Å². The first-order valence-electron chi connectivity index (χ1n) is 10.9. The van der Waals surface area contributed by atoms with Crippen molar-refractivity contribution in [2.75, 3.05) is 34.2 Å². The highest BCUT2D eigenvalue weighted by Gasteiger charge is 2.38. The topological polar surface area (TPSA) is 18.8 Å². The third kappa shape index (κ3) is 5.93. The fourth-order valence-electron chi connectivity index (χ4n) is 4.43. The molecule has 29 heavy (non-hydrogen) atoms. The average Bonchev–Trinajstić information content (AvgIpc) is 3.21. The lowest BCUT2D eigenvalue weighted by molar-refractivity contribution is 0.352. The number of rotatable bonds is 10. The van der Waals surface area contributed by atoms with Gasteiger partial charge < -0.3 is 9.80 Å². The number of nitrogens with zero attached hydrogens (tertiary/aromatic N) is 3. The van der Waals surface area contributed by atoms with Crippen LogP contribution in [0.3, 0.4) is 0 Å². The van der Waals surface area contributed by atoms with E-state index in [1.165, 1.54) is 36.8 Å². The molecule has 0 N–H and O–H groups in total. The van der Waals surface area contributed by atoms with E-state index in [0.717, 1.165) is 37.5 Å². The first-order valence-corrected chi connectivity index (χ1v) is 10.9. The lowest BCUT2D eigenvalue weighted by Crippen LogP contribution is -2.39. The van der Waals surface area contributed by atoms with Crippen molar-refractivity contribution < 1.29 is 0 Å². The lowest BCUT2D eigenvalue weighted by atomic mass is 9.75. The lowest BCUT2D eigenvalue weighted by Gasteiger charge is -2.36. The Labute approximate surface area is 178 Å². The van der Waals surface area contributed by atoms with Gasteiger partial charge in [-0.1, -0.05) is 63.3 Å². The zero-order chi connectivity index (χ0) is 21.3. The third-order valence-corrected chi connectivity index (χ3v) is 6.15. The minimum atomic E-state index is 0.177. The summed E-state index contributed by atoms with van der Waals surface area (Å²) in [6.45, 7) is 12.0. The van der Waals surface area contributed by atoms with Crippen molar-refractivity contribution >= 4 is 5.84 Å². The van der Waals surface area contributed by atoms with Gasteiger partial charge in [0.1, 0.15) is 5.84 Å². The highest BCUT2D eigenvalue weighted by atomic mass is 15.2. The van der Waals surface area contributed by atoms with Gasteiger partial charge in [0, 0.05) is 37.7 Å². The van der Waals surface area contributed by atoms with Crippen LogP contribution in [0.1, 0.15) is 50.2 Å². The van der Waals surface area contributed by atoms with E-state index in [4.69, 9.17) is 4.99 Å². The molecule has 0 saturated heterocycles. The van der Waals surface area contributed by atoms with Gasteiger partial charge in [-0.05, 0) is 56.6 Å². The van der Waals surface area contributed by atoms with E-state index in [-0.39, 0.29) is 5.41 Å². The van der Waals surface area contributed by atoms with Crippen LogP contribution in [0.15, 0.2) is 66.3 Å². The molecule has 158 valence electrons. The van der Waals surface area contributed by atoms with E-state index in [0.29, 0.717) is 0 Å². The largest absolute Gasteiger partial charge is 0.329 e. The summed E-state index contributed by atoms with van der Waals surface area (Å²) in [5.41, 5.74) is 4.15. The van der Waals surface area contributed by atoms with Crippen molar-refractivity contribution in [3.05, 3.63) is 72.5 Å². The zero-order valence-corrected chi connectivity index (χ0v) is 19.0. The van der Waals surface area contributed by atoms with Crippen molar-refractivity contribution in [1.82, 2.24) is 9.80 Å². The predicted molar refractivity (Wildman–Crippen MR) is 128 cm³/mol. The van der Waals surface area contributed by atoms with Gasteiger partial charge in [-0.2, -0.15) is 0 Å². The van der Waals surface area contributed by atoms with Gasteiger partial charge in [0.05, 0.1) is 0 Å². The predicted octanol–water partition coefficient (Wildman–Crippen LogP) is 5.60. The molecule has 0 aliphatic heterocycles. The quantitative estimate of drug-likeness (QED) is 0.293. The molecule has 1 aromatic rings. The normalized spacial score (nSPS) is 16.9. The number of aryl methyl sites for hydroxylation is 1. The van der Waals surface area contributed by atoms with Crippen LogP contribution in [-0.4, -0.2) is 49.9 Å². The molecule has 0 radical (unpaired) electrons. The molecule has 1 aliphatic carbocycles. The Balaban J connectivity index is 2.40. The number of allylic oxidation sites excluding steroid dienone is 3. The number of hydrogen-bond acceptors (Lipinski definition) is 2. The van der Waals surface area contributed by atoms with E-state index >= 15 is 0 Å². The molecular weight excluding hydrogens is 354 g/mol. The van der Waals surface area contributed by atoms with Crippen LogP contribution in [0.4, 0.5) is 0 Å². The highest BCUT2D eigenvalue weighted by Crippen LogP contribution is 2.45. The second-order valence-electron chi connectivity index (χ2n) is 8.34. The molecule has 1 saturated carbocycles. The highest BCUT2D eigenvalue weighted by molar-refractivity contribution is 5.86. The van der Waals surface area contributed by atoms with Crippen LogP contribution >= 0.6 is 0 Å². The Morgan fingerprint density at radius 3 is 2.45 bits per heavy atom. The van der Waals surface area contributed by atoms with Crippen molar-refractivity contribution in [1.29, 1.82) is 0 Å². The standard InChI is InChI=1S/C26H39N3/c1-7-13-24(9-3)29(19-18-28(5)6)25(27-4)21-26(16-10-11-17-26)23-15-12-14-22(8-2)20-23/h7,9,12-15,20H,1,3,8,10-11,16-19,21H2,2,4-6H3/b24-13-,27-25?. The van der Waals surface area contributed by atoms with Gasteiger partial charge in [-0.3, -0.25) is 4.99 Å². The molecule has 1 fully saturated rings.